The van der Waals surface area contributed by atoms with Crippen molar-refractivity contribution in [1.82, 2.24) is 4.90 Å². The molecular formula is C13H23NO3. The molecule has 1 heterocycles. The summed E-state index contributed by atoms with van der Waals surface area (Å²) in [7, 11) is 0. The van der Waals surface area contributed by atoms with Crippen LogP contribution in [0.1, 0.15) is 46.0 Å². The average Bonchev–Trinajstić information content (AvgIpc) is 2.35. The van der Waals surface area contributed by atoms with Crippen molar-refractivity contribution >= 4 is 11.9 Å². The van der Waals surface area contributed by atoms with Gasteiger partial charge in [0.15, 0.2) is 0 Å². The molecule has 0 aromatic rings. The highest BCUT2D eigenvalue weighted by Gasteiger charge is 2.28. The first-order chi connectivity index (χ1) is 8.08. The summed E-state index contributed by atoms with van der Waals surface area (Å²) in [6.07, 6.45) is 4.10. The van der Waals surface area contributed by atoms with E-state index in [0.29, 0.717) is 25.3 Å². The molecule has 4 nitrogen and oxygen atoms in total. The lowest BCUT2D eigenvalue weighted by Crippen LogP contribution is -2.42. The highest BCUT2D eigenvalue weighted by molar-refractivity contribution is 5.78. The van der Waals surface area contributed by atoms with Gasteiger partial charge in [-0.15, -0.1) is 0 Å². The Kier molecular flexibility index (Phi) is 5.45. The highest BCUT2D eigenvalue weighted by Crippen LogP contribution is 2.20. The van der Waals surface area contributed by atoms with Gasteiger partial charge in [0.25, 0.3) is 0 Å². The lowest BCUT2D eigenvalue weighted by molar-refractivity contribution is -0.145. The van der Waals surface area contributed by atoms with Crippen LogP contribution in [0.15, 0.2) is 0 Å². The van der Waals surface area contributed by atoms with Gasteiger partial charge in [-0.2, -0.15) is 0 Å². The van der Waals surface area contributed by atoms with Crippen molar-refractivity contribution in [3.05, 3.63) is 0 Å². The lowest BCUT2D eigenvalue weighted by Gasteiger charge is -2.31. The fourth-order valence-corrected chi connectivity index (χ4v) is 2.36. The van der Waals surface area contributed by atoms with Crippen molar-refractivity contribution < 1.29 is 14.7 Å². The Morgan fingerprint density at radius 1 is 1.35 bits per heavy atom. The Labute approximate surface area is 103 Å². The Balaban J connectivity index is 2.48. The van der Waals surface area contributed by atoms with Crippen molar-refractivity contribution in [2.45, 2.75) is 46.0 Å². The monoisotopic (exact) mass is 241 g/mol. The molecule has 0 aromatic heterocycles. The number of likely N-dealkylation sites (tertiary alicyclic amines) is 1. The molecule has 0 saturated carbocycles. The van der Waals surface area contributed by atoms with Crippen molar-refractivity contribution in [2.24, 2.45) is 11.8 Å². The van der Waals surface area contributed by atoms with Gasteiger partial charge in [0.1, 0.15) is 0 Å². The second-order valence-corrected chi connectivity index (χ2v) is 4.90. The van der Waals surface area contributed by atoms with Crippen LogP contribution in [0.5, 0.6) is 0 Å². The molecule has 1 aliphatic heterocycles. The number of carbonyl (C=O) groups is 2. The number of carbonyl (C=O) groups excluding carboxylic acids is 1. The molecule has 0 aromatic carbocycles. The molecule has 98 valence electrons. The average molecular weight is 241 g/mol. The maximum Gasteiger partial charge on any atom is 0.308 e. The molecule has 1 saturated heterocycles. The number of nitrogens with zero attached hydrogens (tertiary/aromatic N) is 1. The molecule has 0 bridgehead atoms. The fourth-order valence-electron chi connectivity index (χ4n) is 2.36. The normalized spacial score (nSPS) is 20.6. The van der Waals surface area contributed by atoms with Gasteiger partial charge >= 0.3 is 5.97 Å². The van der Waals surface area contributed by atoms with Crippen molar-refractivity contribution in [3.63, 3.8) is 0 Å². The summed E-state index contributed by atoms with van der Waals surface area (Å²) < 4.78 is 0. The molecule has 0 radical (unpaired) electrons. The zero-order valence-corrected chi connectivity index (χ0v) is 10.8. The van der Waals surface area contributed by atoms with Crippen LogP contribution in [0, 0.1) is 11.8 Å². The number of amides is 1. The number of piperidine rings is 1. The largest absolute Gasteiger partial charge is 0.481 e. The number of hydrogen-bond acceptors (Lipinski definition) is 2. The Hall–Kier alpha value is -1.06. The zero-order valence-electron chi connectivity index (χ0n) is 10.8. The molecule has 0 aliphatic carbocycles. The van der Waals surface area contributed by atoms with Gasteiger partial charge in [0.2, 0.25) is 5.91 Å². The van der Waals surface area contributed by atoms with E-state index in [2.05, 4.69) is 13.8 Å². The fraction of sp³-hybridized carbons (Fsp3) is 0.846. The van der Waals surface area contributed by atoms with Crippen LogP contribution in [0.2, 0.25) is 0 Å². The van der Waals surface area contributed by atoms with Crippen molar-refractivity contribution in [1.29, 1.82) is 0 Å². The van der Waals surface area contributed by atoms with Gasteiger partial charge in [-0.1, -0.05) is 26.7 Å². The van der Waals surface area contributed by atoms with Gasteiger partial charge in [-0.05, 0) is 18.8 Å². The molecule has 0 spiro atoms. The van der Waals surface area contributed by atoms with Crippen LogP contribution >= 0.6 is 0 Å². The van der Waals surface area contributed by atoms with Crippen LogP contribution in [0.4, 0.5) is 0 Å². The molecule has 1 atom stereocenters. The van der Waals surface area contributed by atoms with E-state index in [0.717, 1.165) is 25.8 Å². The maximum atomic E-state index is 12.0. The molecule has 1 unspecified atom stereocenters. The van der Waals surface area contributed by atoms with Crippen molar-refractivity contribution in [2.75, 3.05) is 13.1 Å². The van der Waals surface area contributed by atoms with Gasteiger partial charge < -0.3 is 10.0 Å². The number of carboxylic acid groups (broad SMARTS) is 1. The van der Waals surface area contributed by atoms with E-state index in [1.54, 1.807) is 4.90 Å². The third-order valence-electron chi connectivity index (χ3n) is 3.74. The number of hydrogen-bond donors (Lipinski definition) is 1. The van der Waals surface area contributed by atoms with Gasteiger partial charge in [-0.3, -0.25) is 9.59 Å². The lowest BCUT2D eigenvalue weighted by atomic mass is 9.95. The molecule has 1 rings (SSSR count). The van der Waals surface area contributed by atoms with Gasteiger partial charge in [0, 0.05) is 19.5 Å². The zero-order chi connectivity index (χ0) is 12.8. The van der Waals surface area contributed by atoms with E-state index < -0.39 is 5.97 Å². The number of carboxylic acids is 1. The van der Waals surface area contributed by atoms with E-state index in [4.69, 9.17) is 5.11 Å². The van der Waals surface area contributed by atoms with Gasteiger partial charge in [0.05, 0.1) is 5.92 Å². The molecule has 1 N–H and O–H groups in total. The second-order valence-electron chi connectivity index (χ2n) is 4.90. The summed E-state index contributed by atoms with van der Waals surface area (Å²) in [5.74, 6) is -0.572. The first-order valence-corrected chi connectivity index (χ1v) is 6.59. The summed E-state index contributed by atoms with van der Waals surface area (Å²) in [6.45, 7) is 5.31. The van der Waals surface area contributed by atoms with Crippen LogP contribution in [-0.4, -0.2) is 35.0 Å². The topological polar surface area (TPSA) is 57.6 Å². The molecule has 1 fully saturated rings. The Bertz CT molecular complexity index is 274. The summed E-state index contributed by atoms with van der Waals surface area (Å²) >= 11 is 0. The highest BCUT2D eigenvalue weighted by atomic mass is 16.4. The molecule has 1 amide bonds. The minimum absolute atomic E-state index is 0.129. The first-order valence-electron chi connectivity index (χ1n) is 6.59. The molecule has 17 heavy (non-hydrogen) atoms. The van der Waals surface area contributed by atoms with Crippen LogP contribution in [0.25, 0.3) is 0 Å². The Morgan fingerprint density at radius 2 is 2.00 bits per heavy atom. The Morgan fingerprint density at radius 3 is 2.53 bits per heavy atom. The van der Waals surface area contributed by atoms with Crippen molar-refractivity contribution in [3.8, 4) is 0 Å². The first kappa shape index (κ1) is 14.0. The van der Waals surface area contributed by atoms with Crippen LogP contribution < -0.4 is 0 Å². The molecular weight excluding hydrogens is 218 g/mol. The second kappa shape index (κ2) is 6.62. The molecule has 1 aliphatic rings. The van der Waals surface area contributed by atoms with Gasteiger partial charge in [-0.25, -0.2) is 0 Å². The third-order valence-corrected chi connectivity index (χ3v) is 3.74. The summed E-state index contributed by atoms with van der Waals surface area (Å²) in [6, 6.07) is 0. The van der Waals surface area contributed by atoms with E-state index in [9.17, 15) is 9.59 Å². The minimum Gasteiger partial charge on any atom is -0.481 e. The summed E-state index contributed by atoms with van der Waals surface area (Å²) in [5.41, 5.74) is 0. The number of aliphatic carboxylic acids is 1. The quantitative estimate of drug-likeness (QED) is 0.802. The van der Waals surface area contributed by atoms with Crippen LogP contribution in [0.3, 0.4) is 0 Å². The van der Waals surface area contributed by atoms with Crippen LogP contribution in [-0.2, 0) is 9.59 Å². The summed E-state index contributed by atoms with van der Waals surface area (Å²) in [4.78, 5) is 24.7. The third kappa shape index (κ3) is 4.02. The SMILES string of the molecule is CCC(CC)CC(=O)N1CCCC(C(=O)O)C1. The number of rotatable bonds is 5. The summed E-state index contributed by atoms with van der Waals surface area (Å²) in [5, 5.41) is 8.97. The smallest absolute Gasteiger partial charge is 0.308 e. The predicted octanol–water partition coefficient (Wildman–Crippen LogP) is 2.14. The van der Waals surface area contributed by atoms with E-state index >= 15 is 0 Å². The van der Waals surface area contributed by atoms with E-state index in [-0.39, 0.29) is 11.8 Å². The molecule has 4 heteroatoms. The van der Waals surface area contributed by atoms with E-state index in [1.807, 2.05) is 0 Å². The predicted molar refractivity (Wildman–Crippen MR) is 65.6 cm³/mol. The minimum atomic E-state index is -0.773. The maximum absolute atomic E-state index is 12.0. The van der Waals surface area contributed by atoms with E-state index in [1.165, 1.54) is 0 Å². The standard InChI is InChI=1S/C13H23NO3/c1-3-10(4-2)8-12(15)14-7-5-6-11(9-14)13(16)17/h10-11H,3-9H2,1-2H3,(H,16,17).